The number of ether oxygens (including phenoxy) is 1. The van der Waals surface area contributed by atoms with Gasteiger partial charge in [-0.15, -0.1) is 0 Å². The molecule has 0 saturated heterocycles. The maximum atomic E-state index is 13.3. The van der Waals surface area contributed by atoms with Crippen LogP contribution in [0.5, 0.6) is 5.75 Å². The molecule has 0 saturated carbocycles. The lowest BCUT2D eigenvalue weighted by Gasteiger charge is -2.30. The molecule has 174 valence electrons. The second kappa shape index (κ2) is 12.9. The predicted molar refractivity (Wildman–Crippen MR) is 130 cm³/mol. The average Bonchev–Trinajstić information content (AvgIpc) is 2.79. The predicted octanol–water partition coefficient (Wildman–Crippen LogP) is 5.22. The average molecular weight is 439 g/mol. The molecule has 0 fully saturated rings. The smallest absolute Gasteiger partial charge is 0.261 e. The molecular weight excluding hydrogens is 400 g/mol. The number of unbranched alkanes of at least 4 members (excludes halogenated alkanes) is 1. The van der Waals surface area contributed by atoms with E-state index in [4.69, 9.17) is 4.74 Å². The van der Waals surface area contributed by atoms with Crippen molar-refractivity contribution < 1.29 is 14.3 Å². The number of carbonyl (C=O) groups excluding carboxylic acids is 2. The Morgan fingerprint density at radius 2 is 1.72 bits per heavy atom. The van der Waals surface area contributed by atoms with Crippen molar-refractivity contribution in [1.29, 1.82) is 0 Å². The first-order chi connectivity index (χ1) is 15.4. The summed E-state index contributed by atoms with van der Waals surface area (Å²) in [6.07, 6.45) is 2.47. The molecule has 0 heterocycles. The van der Waals surface area contributed by atoms with E-state index in [0.717, 1.165) is 29.5 Å². The van der Waals surface area contributed by atoms with E-state index in [1.165, 1.54) is 0 Å². The summed E-state index contributed by atoms with van der Waals surface area (Å²) in [5.41, 5.74) is 3.21. The molecule has 0 bridgehead atoms. The van der Waals surface area contributed by atoms with Gasteiger partial charge in [0.25, 0.3) is 5.91 Å². The topological polar surface area (TPSA) is 58.6 Å². The number of aryl methyl sites for hydroxylation is 1. The van der Waals surface area contributed by atoms with Crippen molar-refractivity contribution in [2.24, 2.45) is 0 Å². The molecule has 1 N–H and O–H groups in total. The van der Waals surface area contributed by atoms with Crippen LogP contribution in [0.3, 0.4) is 0 Å². The standard InChI is InChI=1S/C27H38N2O3/c1-6-8-17-28-27(31)24(7-2)29(18-22-15-13-21(5)14-16-22)26(30)19-32-25-12-10-9-11-23(25)20(3)4/h9-16,20,24H,6-8,17-19H2,1-5H3,(H,28,31)/t24-/m0/s1. The second-order valence-electron chi connectivity index (χ2n) is 8.56. The van der Waals surface area contributed by atoms with Gasteiger partial charge in [0, 0.05) is 13.1 Å². The van der Waals surface area contributed by atoms with Crippen LogP contribution in [0.1, 0.15) is 69.6 Å². The Balaban J connectivity index is 2.21. The van der Waals surface area contributed by atoms with Gasteiger partial charge in [-0.05, 0) is 42.9 Å². The van der Waals surface area contributed by atoms with Crippen LogP contribution in [-0.2, 0) is 16.1 Å². The first-order valence-electron chi connectivity index (χ1n) is 11.7. The Kier molecular flexibility index (Phi) is 10.3. The SMILES string of the molecule is CCCCNC(=O)[C@H](CC)N(Cc1ccc(C)cc1)C(=O)COc1ccccc1C(C)C. The van der Waals surface area contributed by atoms with Crippen molar-refractivity contribution in [1.82, 2.24) is 10.2 Å². The molecule has 32 heavy (non-hydrogen) atoms. The minimum atomic E-state index is -0.537. The molecule has 2 aromatic rings. The molecule has 0 aliphatic heterocycles. The summed E-state index contributed by atoms with van der Waals surface area (Å²) in [5, 5.41) is 2.99. The number of nitrogens with one attached hydrogen (secondary N) is 1. The fraction of sp³-hybridized carbons (Fsp3) is 0.481. The number of rotatable bonds is 12. The quantitative estimate of drug-likeness (QED) is 0.462. The van der Waals surface area contributed by atoms with Gasteiger partial charge in [-0.3, -0.25) is 9.59 Å². The lowest BCUT2D eigenvalue weighted by atomic mass is 10.0. The van der Waals surface area contributed by atoms with Crippen LogP contribution in [0.2, 0.25) is 0 Å². The number of carbonyl (C=O) groups is 2. The van der Waals surface area contributed by atoms with Gasteiger partial charge in [0.1, 0.15) is 11.8 Å². The van der Waals surface area contributed by atoms with Crippen molar-refractivity contribution >= 4 is 11.8 Å². The van der Waals surface area contributed by atoms with E-state index in [1.807, 2.05) is 62.4 Å². The zero-order valence-electron chi connectivity index (χ0n) is 20.2. The first kappa shape index (κ1) is 25.4. The minimum absolute atomic E-state index is 0.103. The number of hydrogen-bond donors (Lipinski definition) is 1. The van der Waals surface area contributed by atoms with Crippen molar-refractivity contribution in [3.05, 3.63) is 65.2 Å². The highest BCUT2D eigenvalue weighted by molar-refractivity contribution is 5.88. The van der Waals surface area contributed by atoms with Gasteiger partial charge in [-0.25, -0.2) is 0 Å². The lowest BCUT2D eigenvalue weighted by Crippen LogP contribution is -2.50. The third-order valence-corrected chi connectivity index (χ3v) is 5.58. The molecule has 0 aliphatic carbocycles. The van der Waals surface area contributed by atoms with Gasteiger partial charge in [0.15, 0.2) is 6.61 Å². The molecule has 1 atom stereocenters. The Morgan fingerprint density at radius 1 is 1.03 bits per heavy atom. The van der Waals surface area contributed by atoms with E-state index < -0.39 is 6.04 Å². The Morgan fingerprint density at radius 3 is 2.34 bits per heavy atom. The summed E-state index contributed by atoms with van der Waals surface area (Å²) in [6, 6.07) is 15.3. The van der Waals surface area contributed by atoms with Crippen LogP contribution in [0.4, 0.5) is 0 Å². The molecule has 2 aromatic carbocycles. The van der Waals surface area contributed by atoms with Crippen LogP contribution in [-0.4, -0.2) is 35.9 Å². The molecule has 5 nitrogen and oxygen atoms in total. The molecule has 2 amide bonds. The Bertz CT molecular complexity index is 861. The number of nitrogens with zero attached hydrogens (tertiary/aromatic N) is 1. The monoisotopic (exact) mass is 438 g/mol. The van der Waals surface area contributed by atoms with Crippen LogP contribution in [0.15, 0.2) is 48.5 Å². The van der Waals surface area contributed by atoms with Gasteiger partial charge in [0.2, 0.25) is 5.91 Å². The fourth-order valence-corrected chi connectivity index (χ4v) is 3.63. The van der Waals surface area contributed by atoms with Crippen LogP contribution in [0, 0.1) is 6.92 Å². The molecule has 0 aromatic heterocycles. The van der Waals surface area contributed by atoms with Gasteiger partial charge in [-0.2, -0.15) is 0 Å². The zero-order valence-corrected chi connectivity index (χ0v) is 20.2. The summed E-state index contributed by atoms with van der Waals surface area (Å²) >= 11 is 0. The number of para-hydroxylation sites is 1. The highest BCUT2D eigenvalue weighted by Gasteiger charge is 2.29. The van der Waals surface area contributed by atoms with Crippen molar-refractivity contribution in [3.8, 4) is 5.75 Å². The van der Waals surface area contributed by atoms with E-state index in [0.29, 0.717) is 25.3 Å². The largest absolute Gasteiger partial charge is 0.483 e. The van der Waals surface area contributed by atoms with Gasteiger partial charge in [-0.1, -0.05) is 82.1 Å². The molecule has 0 spiro atoms. The van der Waals surface area contributed by atoms with Gasteiger partial charge < -0.3 is 15.0 Å². The van der Waals surface area contributed by atoms with E-state index in [1.54, 1.807) is 4.90 Å². The van der Waals surface area contributed by atoms with Crippen LogP contribution < -0.4 is 10.1 Å². The van der Waals surface area contributed by atoms with Crippen molar-refractivity contribution in [2.75, 3.05) is 13.2 Å². The normalized spacial score (nSPS) is 11.8. The number of amides is 2. The molecule has 0 radical (unpaired) electrons. The van der Waals surface area contributed by atoms with Crippen molar-refractivity contribution in [3.63, 3.8) is 0 Å². The third kappa shape index (κ3) is 7.40. The molecule has 2 rings (SSSR count). The second-order valence-corrected chi connectivity index (χ2v) is 8.56. The maximum absolute atomic E-state index is 13.3. The number of benzene rings is 2. The van der Waals surface area contributed by atoms with Crippen LogP contribution >= 0.6 is 0 Å². The maximum Gasteiger partial charge on any atom is 0.261 e. The van der Waals surface area contributed by atoms with Crippen LogP contribution in [0.25, 0.3) is 0 Å². The molecular formula is C27H38N2O3. The summed E-state index contributed by atoms with van der Waals surface area (Å²) in [6.45, 7) is 11.1. The van der Waals surface area contributed by atoms with Gasteiger partial charge in [0.05, 0.1) is 0 Å². The summed E-state index contributed by atoms with van der Waals surface area (Å²) in [4.78, 5) is 27.9. The summed E-state index contributed by atoms with van der Waals surface area (Å²) < 4.78 is 5.95. The van der Waals surface area contributed by atoms with E-state index in [2.05, 4.69) is 26.1 Å². The summed E-state index contributed by atoms with van der Waals surface area (Å²) in [5.74, 6) is 0.704. The van der Waals surface area contributed by atoms with Gasteiger partial charge >= 0.3 is 0 Å². The first-order valence-corrected chi connectivity index (χ1v) is 11.7. The molecule has 0 aliphatic rings. The Labute approximate surface area is 193 Å². The highest BCUT2D eigenvalue weighted by atomic mass is 16.5. The Hall–Kier alpha value is -2.82. The highest BCUT2D eigenvalue weighted by Crippen LogP contribution is 2.26. The van der Waals surface area contributed by atoms with Crippen molar-refractivity contribution in [2.45, 2.75) is 72.4 Å². The zero-order chi connectivity index (χ0) is 23.5. The minimum Gasteiger partial charge on any atom is -0.483 e. The van der Waals surface area contributed by atoms with E-state index in [-0.39, 0.29) is 24.3 Å². The molecule has 0 unspecified atom stereocenters. The number of hydrogen-bond acceptors (Lipinski definition) is 3. The third-order valence-electron chi connectivity index (χ3n) is 5.58. The fourth-order valence-electron chi connectivity index (χ4n) is 3.63. The summed E-state index contributed by atoms with van der Waals surface area (Å²) in [7, 11) is 0. The lowest BCUT2D eigenvalue weighted by molar-refractivity contribution is -0.143. The van der Waals surface area contributed by atoms with E-state index >= 15 is 0 Å². The van der Waals surface area contributed by atoms with E-state index in [9.17, 15) is 9.59 Å². The molecule has 5 heteroatoms.